The first-order valence-corrected chi connectivity index (χ1v) is 7.88. The Labute approximate surface area is 112 Å². The van der Waals surface area contributed by atoms with E-state index in [-0.39, 0.29) is 13.1 Å². The number of aliphatic carboxylic acids is 1. The molecule has 0 bridgehead atoms. The number of rotatable bonds is 7. The number of carboxylic acid groups (broad SMARTS) is 1. The van der Waals surface area contributed by atoms with Crippen molar-refractivity contribution in [2.45, 2.75) is 31.2 Å². The lowest BCUT2D eigenvalue weighted by atomic mass is 9.77. The van der Waals surface area contributed by atoms with Crippen molar-refractivity contribution >= 4 is 22.0 Å². The molecule has 0 aliphatic heterocycles. The Bertz CT molecular complexity index is 444. The van der Waals surface area contributed by atoms with Crippen LogP contribution >= 0.6 is 0 Å². The monoisotopic (exact) mass is 293 g/mol. The molecule has 9 heteroatoms. The number of carboxylic acids is 1. The van der Waals surface area contributed by atoms with Crippen LogP contribution in [-0.2, 0) is 14.8 Å². The minimum atomic E-state index is -3.22. The Balaban J connectivity index is 2.20. The molecule has 0 unspecified atom stereocenters. The highest BCUT2D eigenvalue weighted by molar-refractivity contribution is 7.88. The molecule has 0 saturated heterocycles. The van der Waals surface area contributed by atoms with Crippen molar-refractivity contribution in [1.82, 2.24) is 15.4 Å². The van der Waals surface area contributed by atoms with Gasteiger partial charge < -0.3 is 15.7 Å². The fraction of sp³-hybridized carbons (Fsp3) is 0.800. The zero-order valence-corrected chi connectivity index (χ0v) is 11.5. The van der Waals surface area contributed by atoms with Gasteiger partial charge in [0.05, 0.1) is 6.26 Å². The summed E-state index contributed by atoms with van der Waals surface area (Å²) in [7, 11) is -3.22. The molecule has 110 valence electrons. The normalized spacial score (nSPS) is 17.3. The number of urea groups is 1. The van der Waals surface area contributed by atoms with Crippen LogP contribution in [0.15, 0.2) is 0 Å². The molecule has 1 aliphatic rings. The number of nitrogens with one attached hydrogen (secondary N) is 3. The molecule has 0 aromatic heterocycles. The van der Waals surface area contributed by atoms with Crippen LogP contribution in [0.5, 0.6) is 0 Å². The van der Waals surface area contributed by atoms with Gasteiger partial charge in [0.25, 0.3) is 0 Å². The summed E-state index contributed by atoms with van der Waals surface area (Å²) in [5.41, 5.74) is -1.13. The summed E-state index contributed by atoms with van der Waals surface area (Å²) in [6.07, 6.45) is 3.14. The molecule has 1 fully saturated rings. The van der Waals surface area contributed by atoms with Gasteiger partial charge in [0.2, 0.25) is 10.0 Å². The maximum absolute atomic E-state index is 11.5. The minimum Gasteiger partial charge on any atom is -0.480 e. The Morgan fingerprint density at radius 3 is 2.32 bits per heavy atom. The fourth-order valence-corrected chi connectivity index (χ4v) is 2.25. The van der Waals surface area contributed by atoms with Gasteiger partial charge in [0, 0.05) is 13.1 Å². The molecule has 0 atom stereocenters. The highest BCUT2D eigenvalue weighted by Crippen LogP contribution is 2.31. The predicted octanol–water partition coefficient (Wildman–Crippen LogP) is -0.768. The second-order valence-electron chi connectivity index (χ2n) is 4.64. The lowest BCUT2D eigenvalue weighted by molar-refractivity contribution is -0.148. The van der Waals surface area contributed by atoms with Gasteiger partial charge in [-0.25, -0.2) is 22.7 Å². The Morgan fingerprint density at radius 1 is 1.26 bits per heavy atom. The molecule has 1 aliphatic carbocycles. The lowest BCUT2D eigenvalue weighted by Crippen LogP contribution is -2.61. The largest absolute Gasteiger partial charge is 0.480 e. The molecular formula is C10H19N3O5S. The molecule has 0 radical (unpaired) electrons. The molecule has 0 heterocycles. The zero-order chi connectivity index (χ0) is 14.5. The van der Waals surface area contributed by atoms with E-state index in [0.717, 1.165) is 12.7 Å². The molecule has 0 aromatic rings. The standard InChI is InChI=1S/C10H19N3O5S/c1-19(17,18)12-7-3-6-11-9(16)13-10(8(14)15)4-2-5-10/h12H,2-7H2,1H3,(H,14,15)(H2,11,13,16). The summed E-state index contributed by atoms with van der Waals surface area (Å²) in [6.45, 7) is 0.493. The van der Waals surface area contributed by atoms with Gasteiger partial charge in [-0.2, -0.15) is 0 Å². The quantitative estimate of drug-likeness (QED) is 0.459. The van der Waals surface area contributed by atoms with E-state index in [9.17, 15) is 18.0 Å². The number of hydrogen-bond donors (Lipinski definition) is 4. The van der Waals surface area contributed by atoms with Crippen LogP contribution in [0.2, 0.25) is 0 Å². The van der Waals surface area contributed by atoms with Crippen molar-refractivity contribution in [3.63, 3.8) is 0 Å². The SMILES string of the molecule is CS(=O)(=O)NCCCNC(=O)NC1(C(=O)O)CCC1. The maximum Gasteiger partial charge on any atom is 0.329 e. The van der Waals surface area contributed by atoms with Crippen LogP contribution < -0.4 is 15.4 Å². The third kappa shape index (κ3) is 5.03. The number of sulfonamides is 1. The molecule has 0 aromatic carbocycles. The first-order chi connectivity index (χ1) is 8.75. The van der Waals surface area contributed by atoms with E-state index in [2.05, 4.69) is 15.4 Å². The Morgan fingerprint density at radius 2 is 1.89 bits per heavy atom. The Kier molecular flexibility index (Phi) is 5.12. The zero-order valence-electron chi connectivity index (χ0n) is 10.7. The van der Waals surface area contributed by atoms with E-state index in [1.54, 1.807) is 0 Å². The fourth-order valence-electron chi connectivity index (χ4n) is 1.73. The van der Waals surface area contributed by atoms with Gasteiger partial charge in [-0.3, -0.25) is 0 Å². The van der Waals surface area contributed by atoms with Crippen molar-refractivity contribution < 1.29 is 23.1 Å². The van der Waals surface area contributed by atoms with Crippen LogP contribution in [0, 0.1) is 0 Å². The molecule has 19 heavy (non-hydrogen) atoms. The van der Waals surface area contributed by atoms with Crippen LogP contribution in [0.4, 0.5) is 4.79 Å². The van der Waals surface area contributed by atoms with E-state index in [1.165, 1.54) is 0 Å². The smallest absolute Gasteiger partial charge is 0.329 e. The maximum atomic E-state index is 11.5. The van der Waals surface area contributed by atoms with Gasteiger partial charge in [-0.15, -0.1) is 0 Å². The summed E-state index contributed by atoms with van der Waals surface area (Å²) in [5.74, 6) is -1.02. The van der Waals surface area contributed by atoms with E-state index in [0.29, 0.717) is 19.3 Å². The minimum absolute atomic E-state index is 0.225. The van der Waals surface area contributed by atoms with Gasteiger partial charge in [-0.05, 0) is 25.7 Å². The molecule has 4 N–H and O–H groups in total. The molecule has 1 rings (SSSR count). The van der Waals surface area contributed by atoms with E-state index in [1.807, 2.05) is 0 Å². The third-order valence-electron chi connectivity index (χ3n) is 2.97. The molecule has 1 saturated carbocycles. The van der Waals surface area contributed by atoms with Gasteiger partial charge in [-0.1, -0.05) is 0 Å². The number of amides is 2. The van der Waals surface area contributed by atoms with Crippen LogP contribution in [0.25, 0.3) is 0 Å². The summed E-state index contributed by atoms with van der Waals surface area (Å²) in [5, 5.41) is 14.0. The number of carbonyl (C=O) groups excluding carboxylic acids is 1. The second kappa shape index (κ2) is 6.20. The number of carbonyl (C=O) groups is 2. The highest BCUT2D eigenvalue weighted by Gasteiger charge is 2.45. The van der Waals surface area contributed by atoms with Crippen molar-refractivity contribution in [1.29, 1.82) is 0 Å². The molecule has 8 nitrogen and oxygen atoms in total. The van der Waals surface area contributed by atoms with Crippen molar-refractivity contribution in [2.24, 2.45) is 0 Å². The van der Waals surface area contributed by atoms with Crippen LogP contribution in [-0.4, -0.2) is 50.4 Å². The first-order valence-electron chi connectivity index (χ1n) is 5.99. The lowest BCUT2D eigenvalue weighted by Gasteiger charge is -2.38. The van der Waals surface area contributed by atoms with Gasteiger partial charge in [0.15, 0.2) is 0 Å². The van der Waals surface area contributed by atoms with Gasteiger partial charge in [0.1, 0.15) is 5.54 Å². The van der Waals surface area contributed by atoms with E-state index >= 15 is 0 Å². The van der Waals surface area contributed by atoms with Crippen LogP contribution in [0.1, 0.15) is 25.7 Å². The second-order valence-corrected chi connectivity index (χ2v) is 6.47. The molecular weight excluding hydrogens is 274 g/mol. The van der Waals surface area contributed by atoms with E-state index in [4.69, 9.17) is 5.11 Å². The average Bonchev–Trinajstić information content (AvgIpc) is 2.20. The van der Waals surface area contributed by atoms with Crippen LogP contribution in [0.3, 0.4) is 0 Å². The topological polar surface area (TPSA) is 125 Å². The van der Waals surface area contributed by atoms with Crippen molar-refractivity contribution in [3.8, 4) is 0 Å². The highest BCUT2D eigenvalue weighted by atomic mass is 32.2. The Hall–Kier alpha value is -1.35. The summed E-state index contributed by atoms with van der Waals surface area (Å²) >= 11 is 0. The average molecular weight is 293 g/mol. The summed E-state index contributed by atoms with van der Waals surface area (Å²) in [4.78, 5) is 22.5. The van der Waals surface area contributed by atoms with E-state index < -0.39 is 27.6 Å². The molecule has 0 spiro atoms. The summed E-state index contributed by atoms with van der Waals surface area (Å²) < 4.78 is 23.8. The number of hydrogen-bond acceptors (Lipinski definition) is 4. The third-order valence-corrected chi connectivity index (χ3v) is 3.70. The van der Waals surface area contributed by atoms with Crippen molar-refractivity contribution in [3.05, 3.63) is 0 Å². The summed E-state index contributed by atoms with van der Waals surface area (Å²) in [6, 6.07) is -0.540. The molecule has 2 amide bonds. The van der Waals surface area contributed by atoms with Crippen molar-refractivity contribution in [2.75, 3.05) is 19.3 Å². The van der Waals surface area contributed by atoms with Gasteiger partial charge >= 0.3 is 12.0 Å². The first kappa shape index (κ1) is 15.7. The predicted molar refractivity (Wildman–Crippen MR) is 68.2 cm³/mol.